The Morgan fingerprint density at radius 2 is 2.17 bits per heavy atom. The van der Waals surface area contributed by atoms with Crippen LogP contribution >= 0.6 is 22.6 Å². The molecule has 0 radical (unpaired) electrons. The zero-order valence-electron chi connectivity index (χ0n) is 6.83. The minimum Gasteiger partial charge on any atom is -0.487 e. The molecule has 1 atom stereocenters. The summed E-state index contributed by atoms with van der Waals surface area (Å²) in [5, 5.41) is 8.76. The molecule has 1 aromatic carbocycles. The van der Waals surface area contributed by atoms with Gasteiger partial charge in [-0.15, -0.1) is 0 Å². The molecule has 0 saturated carbocycles. The average molecular weight is 278 g/mol. The molecule has 0 heterocycles. The van der Waals surface area contributed by atoms with Gasteiger partial charge in [-0.05, 0) is 41.6 Å². The maximum atomic E-state index is 8.76. The lowest BCUT2D eigenvalue weighted by Crippen LogP contribution is -2.16. The Kier molecular flexibility index (Phi) is 3.81. The normalized spacial score (nSPS) is 12.6. The molecular weight excluding hydrogens is 267 g/mol. The number of aliphatic hydroxyl groups excluding tert-OH is 1. The van der Waals surface area contributed by atoms with Crippen LogP contribution in [0.5, 0.6) is 5.75 Å². The number of para-hydroxylation sites is 1. The Balaban J connectivity index is 2.69. The first-order chi connectivity index (χ1) is 5.74. The second-order valence-corrected chi connectivity index (χ2v) is 3.70. The van der Waals surface area contributed by atoms with Crippen molar-refractivity contribution >= 4 is 22.6 Å². The molecule has 0 aromatic heterocycles. The van der Waals surface area contributed by atoms with Gasteiger partial charge in [0.05, 0.1) is 10.2 Å². The Morgan fingerprint density at radius 3 is 2.75 bits per heavy atom. The fraction of sp³-hybridized carbons (Fsp3) is 0.333. The first kappa shape index (κ1) is 9.80. The Morgan fingerprint density at radius 1 is 1.50 bits per heavy atom. The van der Waals surface area contributed by atoms with Gasteiger partial charge >= 0.3 is 0 Å². The minimum atomic E-state index is -0.138. The second-order valence-electron chi connectivity index (χ2n) is 2.54. The van der Waals surface area contributed by atoms with Gasteiger partial charge in [-0.25, -0.2) is 0 Å². The van der Waals surface area contributed by atoms with Crippen LogP contribution in [0.15, 0.2) is 24.3 Å². The molecule has 0 aliphatic carbocycles. The standard InChI is InChI=1S/C9H11IO2/c1-7(6-11)12-9-5-3-2-4-8(9)10/h2-5,7,11H,6H2,1H3. The highest BCUT2D eigenvalue weighted by atomic mass is 127. The molecule has 1 aromatic rings. The zero-order valence-corrected chi connectivity index (χ0v) is 8.98. The topological polar surface area (TPSA) is 29.5 Å². The number of hydrogen-bond acceptors (Lipinski definition) is 2. The molecule has 0 amide bonds. The summed E-state index contributed by atoms with van der Waals surface area (Å²) in [5.74, 6) is 0.833. The summed E-state index contributed by atoms with van der Waals surface area (Å²) in [7, 11) is 0. The molecule has 3 heteroatoms. The molecule has 1 N–H and O–H groups in total. The number of benzene rings is 1. The Bertz CT molecular complexity index is 250. The molecule has 0 fully saturated rings. The average Bonchev–Trinajstić information content (AvgIpc) is 2.09. The van der Waals surface area contributed by atoms with Crippen LogP contribution in [0, 0.1) is 3.57 Å². The van der Waals surface area contributed by atoms with E-state index in [0.29, 0.717) is 0 Å². The predicted octanol–water partition coefficient (Wildman–Crippen LogP) is 2.05. The first-order valence-corrected chi connectivity index (χ1v) is 4.84. The van der Waals surface area contributed by atoms with Crippen molar-refractivity contribution in [3.63, 3.8) is 0 Å². The molecule has 66 valence electrons. The van der Waals surface area contributed by atoms with E-state index < -0.39 is 0 Å². The van der Waals surface area contributed by atoms with Gasteiger partial charge in [0.15, 0.2) is 0 Å². The fourth-order valence-corrected chi connectivity index (χ4v) is 1.31. The summed E-state index contributed by atoms with van der Waals surface area (Å²) >= 11 is 2.20. The van der Waals surface area contributed by atoms with E-state index in [0.717, 1.165) is 9.32 Å². The van der Waals surface area contributed by atoms with E-state index >= 15 is 0 Å². The summed E-state index contributed by atoms with van der Waals surface area (Å²) < 4.78 is 6.50. The molecule has 12 heavy (non-hydrogen) atoms. The minimum absolute atomic E-state index is 0.0466. The summed E-state index contributed by atoms with van der Waals surface area (Å²) in [6.45, 7) is 1.88. The van der Waals surface area contributed by atoms with Crippen LogP contribution in [0.1, 0.15) is 6.92 Å². The van der Waals surface area contributed by atoms with Gasteiger partial charge in [-0.3, -0.25) is 0 Å². The van der Waals surface area contributed by atoms with Gasteiger partial charge in [-0.1, -0.05) is 12.1 Å². The van der Waals surface area contributed by atoms with E-state index in [2.05, 4.69) is 22.6 Å². The van der Waals surface area contributed by atoms with Crippen molar-refractivity contribution in [2.45, 2.75) is 13.0 Å². The highest BCUT2D eigenvalue weighted by Crippen LogP contribution is 2.20. The Labute approximate surface area is 85.7 Å². The lowest BCUT2D eigenvalue weighted by atomic mass is 10.3. The van der Waals surface area contributed by atoms with Gasteiger partial charge in [0.2, 0.25) is 0 Å². The third-order valence-electron chi connectivity index (χ3n) is 1.42. The van der Waals surface area contributed by atoms with Crippen LogP contribution in [0.4, 0.5) is 0 Å². The summed E-state index contributed by atoms with van der Waals surface area (Å²) in [5.41, 5.74) is 0. The summed E-state index contributed by atoms with van der Waals surface area (Å²) in [4.78, 5) is 0. The molecule has 0 spiro atoms. The van der Waals surface area contributed by atoms with Gasteiger partial charge in [-0.2, -0.15) is 0 Å². The highest BCUT2D eigenvalue weighted by molar-refractivity contribution is 14.1. The lowest BCUT2D eigenvalue weighted by Gasteiger charge is -2.12. The first-order valence-electron chi connectivity index (χ1n) is 3.76. The monoisotopic (exact) mass is 278 g/mol. The van der Waals surface area contributed by atoms with Crippen LogP contribution in [0.2, 0.25) is 0 Å². The number of aliphatic hydroxyl groups is 1. The van der Waals surface area contributed by atoms with E-state index in [1.54, 1.807) is 0 Å². The van der Waals surface area contributed by atoms with Crippen molar-refractivity contribution in [1.29, 1.82) is 0 Å². The third-order valence-corrected chi connectivity index (χ3v) is 2.31. The van der Waals surface area contributed by atoms with Crippen LogP contribution in [0.25, 0.3) is 0 Å². The highest BCUT2D eigenvalue weighted by Gasteiger charge is 2.03. The predicted molar refractivity (Wildman–Crippen MR) is 56.3 cm³/mol. The Hall–Kier alpha value is -0.290. The maximum absolute atomic E-state index is 8.76. The SMILES string of the molecule is CC(CO)Oc1ccccc1I. The van der Waals surface area contributed by atoms with Gasteiger partial charge in [0.25, 0.3) is 0 Å². The van der Waals surface area contributed by atoms with Gasteiger partial charge in [0, 0.05) is 0 Å². The van der Waals surface area contributed by atoms with Gasteiger partial charge < -0.3 is 9.84 Å². The van der Waals surface area contributed by atoms with Crippen molar-refractivity contribution in [2.24, 2.45) is 0 Å². The van der Waals surface area contributed by atoms with Gasteiger partial charge in [0.1, 0.15) is 11.9 Å². The van der Waals surface area contributed by atoms with E-state index in [4.69, 9.17) is 9.84 Å². The van der Waals surface area contributed by atoms with Crippen molar-refractivity contribution in [1.82, 2.24) is 0 Å². The van der Waals surface area contributed by atoms with E-state index in [1.807, 2.05) is 31.2 Å². The molecule has 0 bridgehead atoms. The van der Waals surface area contributed by atoms with Crippen molar-refractivity contribution < 1.29 is 9.84 Å². The van der Waals surface area contributed by atoms with Crippen LogP contribution in [-0.4, -0.2) is 17.8 Å². The van der Waals surface area contributed by atoms with Crippen LogP contribution in [-0.2, 0) is 0 Å². The quantitative estimate of drug-likeness (QED) is 0.857. The van der Waals surface area contributed by atoms with Crippen molar-refractivity contribution in [3.8, 4) is 5.75 Å². The van der Waals surface area contributed by atoms with E-state index in [1.165, 1.54) is 0 Å². The summed E-state index contributed by atoms with van der Waals surface area (Å²) in [6.07, 6.45) is -0.138. The maximum Gasteiger partial charge on any atom is 0.133 e. The molecule has 0 saturated heterocycles. The smallest absolute Gasteiger partial charge is 0.133 e. The fourth-order valence-electron chi connectivity index (χ4n) is 0.794. The molecular formula is C9H11IO2. The summed E-state index contributed by atoms with van der Waals surface area (Å²) in [6, 6.07) is 7.74. The molecule has 0 aliphatic heterocycles. The molecule has 2 nitrogen and oxygen atoms in total. The number of halogens is 1. The van der Waals surface area contributed by atoms with Crippen LogP contribution < -0.4 is 4.74 Å². The lowest BCUT2D eigenvalue weighted by molar-refractivity contribution is 0.129. The van der Waals surface area contributed by atoms with Crippen molar-refractivity contribution in [3.05, 3.63) is 27.8 Å². The second kappa shape index (κ2) is 4.67. The largest absolute Gasteiger partial charge is 0.487 e. The molecule has 1 unspecified atom stereocenters. The van der Waals surface area contributed by atoms with Crippen LogP contribution in [0.3, 0.4) is 0 Å². The third kappa shape index (κ3) is 2.64. The zero-order chi connectivity index (χ0) is 8.97. The molecule has 1 rings (SSSR count). The van der Waals surface area contributed by atoms with E-state index in [-0.39, 0.29) is 12.7 Å². The number of rotatable bonds is 3. The molecule has 0 aliphatic rings. The number of ether oxygens (including phenoxy) is 1. The number of hydrogen-bond donors (Lipinski definition) is 1. The van der Waals surface area contributed by atoms with Crippen molar-refractivity contribution in [2.75, 3.05) is 6.61 Å². The van der Waals surface area contributed by atoms with E-state index in [9.17, 15) is 0 Å².